The van der Waals surface area contributed by atoms with Crippen molar-refractivity contribution in [2.75, 3.05) is 12.3 Å². The summed E-state index contributed by atoms with van der Waals surface area (Å²) in [4.78, 5) is 12.6. The first-order chi connectivity index (χ1) is 8.90. The number of primary amides is 1. The maximum absolute atomic E-state index is 11.4. The Morgan fingerprint density at radius 2 is 2.32 bits per heavy atom. The van der Waals surface area contributed by atoms with E-state index < -0.39 is 5.41 Å². The Morgan fingerprint density at radius 3 is 3.00 bits per heavy atom. The van der Waals surface area contributed by atoms with Gasteiger partial charge in [0.05, 0.1) is 5.41 Å². The van der Waals surface area contributed by atoms with Crippen LogP contribution in [0.2, 0.25) is 5.02 Å². The summed E-state index contributed by atoms with van der Waals surface area (Å²) in [6, 6.07) is 6.24. The predicted octanol–water partition coefficient (Wildman–Crippen LogP) is 2.98. The fourth-order valence-electron chi connectivity index (χ4n) is 2.04. The van der Waals surface area contributed by atoms with Crippen molar-refractivity contribution in [3.63, 3.8) is 0 Å². The minimum Gasteiger partial charge on any atom is -0.369 e. The van der Waals surface area contributed by atoms with Gasteiger partial charge < -0.3 is 11.1 Å². The molecule has 1 heterocycles. The average Bonchev–Trinajstić information content (AvgIpc) is 2.36. The van der Waals surface area contributed by atoms with E-state index >= 15 is 0 Å². The highest BCUT2D eigenvalue weighted by Crippen LogP contribution is 2.37. The largest absolute Gasteiger partial charge is 0.369 e. The van der Waals surface area contributed by atoms with Gasteiger partial charge in [0.2, 0.25) is 5.91 Å². The van der Waals surface area contributed by atoms with Gasteiger partial charge in [-0.25, -0.2) is 0 Å². The van der Waals surface area contributed by atoms with Crippen molar-refractivity contribution in [2.24, 2.45) is 11.1 Å². The summed E-state index contributed by atoms with van der Waals surface area (Å²) in [6.07, 6.45) is 1.03. The zero-order chi connectivity index (χ0) is 14.0. The van der Waals surface area contributed by atoms with Gasteiger partial charge >= 0.3 is 0 Å². The van der Waals surface area contributed by atoms with Crippen molar-refractivity contribution in [3.8, 4) is 0 Å². The number of carbonyl (C=O) groups excluding carboxylic acids is 1. The number of halogens is 1. The van der Waals surface area contributed by atoms with Crippen LogP contribution in [0.5, 0.6) is 0 Å². The monoisotopic (exact) mass is 298 g/mol. The lowest BCUT2D eigenvalue weighted by Crippen LogP contribution is -2.42. The summed E-state index contributed by atoms with van der Waals surface area (Å²) in [5, 5.41) is 4.21. The third-order valence-electron chi connectivity index (χ3n) is 3.47. The van der Waals surface area contributed by atoms with Crippen LogP contribution in [-0.2, 0) is 4.79 Å². The lowest BCUT2D eigenvalue weighted by atomic mass is 9.91. The fraction of sp³-hybridized carbons (Fsp3) is 0.500. The molecule has 3 N–H and O–H groups in total. The molecule has 0 spiro atoms. The summed E-state index contributed by atoms with van der Waals surface area (Å²) < 4.78 is 0. The van der Waals surface area contributed by atoms with Gasteiger partial charge in [-0.05, 0) is 49.8 Å². The molecule has 0 bridgehead atoms. The second-order valence-electron chi connectivity index (χ2n) is 5.50. The molecule has 1 aromatic carbocycles. The van der Waals surface area contributed by atoms with Crippen LogP contribution in [-0.4, -0.2) is 18.2 Å². The third kappa shape index (κ3) is 3.44. The van der Waals surface area contributed by atoms with Gasteiger partial charge in [-0.1, -0.05) is 11.6 Å². The number of amides is 1. The van der Waals surface area contributed by atoms with Crippen molar-refractivity contribution in [1.82, 2.24) is 5.32 Å². The Bertz CT molecular complexity index is 490. The molecule has 0 radical (unpaired) electrons. The summed E-state index contributed by atoms with van der Waals surface area (Å²) in [5.74, 6) is 0.792. The highest BCUT2D eigenvalue weighted by atomic mass is 35.5. The van der Waals surface area contributed by atoms with Crippen molar-refractivity contribution in [1.29, 1.82) is 0 Å². The second kappa shape index (κ2) is 5.73. The topological polar surface area (TPSA) is 55.1 Å². The zero-order valence-electron chi connectivity index (χ0n) is 11.2. The van der Waals surface area contributed by atoms with E-state index in [9.17, 15) is 4.79 Å². The molecular weight excluding hydrogens is 280 g/mol. The molecule has 5 heteroatoms. The van der Waals surface area contributed by atoms with E-state index in [1.54, 1.807) is 0 Å². The highest BCUT2D eigenvalue weighted by molar-refractivity contribution is 7.99. The molecule has 0 saturated carbocycles. The Kier molecular flexibility index (Phi) is 4.43. The molecule has 1 unspecified atom stereocenters. The minimum absolute atomic E-state index is 0.244. The summed E-state index contributed by atoms with van der Waals surface area (Å²) in [7, 11) is 0. The first-order valence-electron chi connectivity index (χ1n) is 6.36. The minimum atomic E-state index is -0.538. The number of hydrogen-bond acceptors (Lipinski definition) is 3. The molecule has 1 aliphatic rings. The molecule has 19 heavy (non-hydrogen) atoms. The van der Waals surface area contributed by atoms with Gasteiger partial charge in [0.15, 0.2) is 0 Å². The molecule has 0 fully saturated rings. The van der Waals surface area contributed by atoms with Crippen LogP contribution >= 0.6 is 23.4 Å². The number of carbonyl (C=O) groups is 1. The van der Waals surface area contributed by atoms with E-state index in [0.29, 0.717) is 6.54 Å². The Morgan fingerprint density at radius 1 is 1.58 bits per heavy atom. The molecule has 1 aliphatic heterocycles. The van der Waals surface area contributed by atoms with Crippen molar-refractivity contribution >= 4 is 29.3 Å². The average molecular weight is 299 g/mol. The lowest BCUT2D eigenvalue weighted by molar-refractivity contribution is -0.125. The summed E-state index contributed by atoms with van der Waals surface area (Å²) >= 11 is 7.92. The van der Waals surface area contributed by atoms with Crippen LogP contribution in [0.3, 0.4) is 0 Å². The van der Waals surface area contributed by atoms with Crippen LogP contribution in [0.1, 0.15) is 31.9 Å². The van der Waals surface area contributed by atoms with Gasteiger partial charge in [-0.3, -0.25) is 4.79 Å². The molecule has 0 aromatic heterocycles. The van der Waals surface area contributed by atoms with Crippen molar-refractivity contribution in [2.45, 2.75) is 31.2 Å². The van der Waals surface area contributed by atoms with Crippen LogP contribution in [0, 0.1) is 5.41 Å². The van der Waals surface area contributed by atoms with Crippen molar-refractivity contribution in [3.05, 3.63) is 28.8 Å². The first-order valence-corrected chi connectivity index (χ1v) is 7.72. The smallest absolute Gasteiger partial charge is 0.224 e. The van der Waals surface area contributed by atoms with Crippen LogP contribution in [0.15, 0.2) is 23.1 Å². The second-order valence-corrected chi connectivity index (χ2v) is 7.07. The lowest BCUT2D eigenvalue weighted by Gasteiger charge is -2.30. The summed E-state index contributed by atoms with van der Waals surface area (Å²) in [5.41, 5.74) is 6.09. The number of rotatable bonds is 4. The fourth-order valence-corrected chi connectivity index (χ4v) is 3.33. The molecule has 104 valence electrons. The first kappa shape index (κ1) is 14.7. The predicted molar refractivity (Wildman–Crippen MR) is 80.5 cm³/mol. The molecule has 1 aromatic rings. The van der Waals surface area contributed by atoms with Crippen LogP contribution < -0.4 is 11.1 Å². The number of thioether (sulfide) groups is 1. The number of nitrogens with one attached hydrogen (secondary N) is 1. The van der Waals surface area contributed by atoms with E-state index in [4.69, 9.17) is 17.3 Å². The Hall–Kier alpha value is -0.710. The van der Waals surface area contributed by atoms with E-state index in [2.05, 4.69) is 11.4 Å². The molecule has 1 atom stereocenters. The SMILES string of the molecule is CC(C)(CNC1CCSc2ccc(Cl)cc21)C(N)=O. The van der Waals surface area contributed by atoms with E-state index in [0.717, 1.165) is 17.2 Å². The zero-order valence-corrected chi connectivity index (χ0v) is 12.8. The van der Waals surface area contributed by atoms with E-state index in [-0.39, 0.29) is 11.9 Å². The molecule has 1 amide bonds. The molecule has 3 nitrogen and oxygen atoms in total. The molecule has 0 aliphatic carbocycles. The van der Waals surface area contributed by atoms with E-state index in [1.165, 1.54) is 10.5 Å². The maximum atomic E-state index is 11.4. The molecular formula is C14H19ClN2OS. The number of fused-ring (bicyclic) bond motifs is 1. The number of hydrogen-bond donors (Lipinski definition) is 2. The van der Waals surface area contributed by atoms with Gasteiger partial charge in [0.1, 0.15) is 0 Å². The quantitative estimate of drug-likeness (QED) is 0.898. The van der Waals surface area contributed by atoms with Gasteiger partial charge in [0.25, 0.3) is 0 Å². The maximum Gasteiger partial charge on any atom is 0.224 e. The van der Waals surface area contributed by atoms with Crippen LogP contribution in [0.25, 0.3) is 0 Å². The standard InChI is InChI=1S/C14H19ClN2OS/c1-14(2,13(16)18)8-17-11-5-6-19-12-4-3-9(15)7-10(11)12/h3-4,7,11,17H,5-6,8H2,1-2H3,(H2,16,18). The number of benzene rings is 1. The van der Waals surface area contributed by atoms with Crippen molar-refractivity contribution < 1.29 is 4.79 Å². The van der Waals surface area contributed by atoms with Gasteiger partial charge in [0, 0.05) is 22.5 Å². The molecule has 0 saturated heterocycles. The van der Waals surface area contributed by atoms with Crippen LogP contribution in [0.4, 0.5) is 0 Å². The van der Waals surface area contributed by atoms with Gasteiger partial charge in [-0.15, -0.1) is 11.8 Å². The van der Waals surface area contributed by atoms with Gasteiger partial charge in [-0.2, -0.15) is 0 Å². The highest BCUT2D eigenvalue weighted by Gasteiger charge is 2.28. The molecule has 2 rings (SSSR count). The summed E-state index contributed by atoms with van der Waals surface area (Å²) in [6.45, 7) is 4.29. The Balaban J connectivity index is 2.12. The van der Waals surface area contributed by atoms with E-state index in [1.807, 2.05) is 37.7 Å². The number of nitrogens with two attached hydrogens (primary N) is 1. The normalized spacial score (nSPS) is 19.0. The Labute approximate surface area is 123 Å². The third-order valence-corrected chi connectivity index (χ3v) is 4.83.